The monoisotopic (exact) mass is 267 g/mol. The van der Waals surface area contributed by atoms with Crippen molar-refractivity contribution in [2.45, 2.75) is 39.0 Å². The molecule has 0 unspecified atom stereocenters. The standard InChI is InChI=1S/C14H25N3S/c1-2-3-13-11-18-14(16-13)10-12-4-7-17(8-5-12)9-6-15/h11-12H,2-10,15H2,1H3. The number of thiazole rings is 1. The predicted octanol–water partition coefficient (Wildman–Crippen LogP) is 2.31. The summed E-state index contributed by atoms with van der Waals surface area (Å²) in [6.07, 6.45) is 6.13. The summed E-state index contributed by atoms with van der Waals surface area (Å²) in [5.41, 5.74) is 6.89. The quantitative estimate of drug-likeness (QED) is 0.860. The smallest absolute Gasteiger partial charge is 0.0931 e. The Labute approximate surface area is 114 Å². The van der Waals surface area contributed by atoms with Crippen LogP contribution >= 0.6 is 11.3 Å². The van der Waals surface area contributed by atoms with Gasteiger partial charge in [0.15, 0.2) is 0 Å². The molecule has 0 atom stereocenters. The maximum atomic E-state index is 5.60. The molecule has 3 nitrogen and oxygen atoms in total. The van der Waals surface area contributed by atoms with E-state index in [1.807, 2.05) is 11.3 Å². The zero-order valence-corrected chi connectivity index (χ0v) is 12.2. The second kappa shape index (κ2) is 7.22. The van der Waals surface area contributed by atoms with Crippen LogP contribution in [-0.4, -0.2) is 36.1 Å². The van der Waals surface area contributed by atoms with E-state index < -0.39 is 0 Å². The molecule has 0 bridgehead atoms. The summed E-state index contributed by atoms with van der Waals surface area (Å²) in [6.45, 7) is 6.50. The second-order valence-electron chi connectivity index (χ2n) is 5.26. The third kappa shape index (κ3) is 4.04. The van der Waals surface area contributed by atoms with Gasteiger partial charge in [-0.1, -0.05) is 13.3 Å². The fraction of sp³-hybridized carbons (Fsp3) is 0.786. The van der Waals surface area contributed by atoms with Gasteiger partial charge in [0.1, 0.15) is 0 Å². The summed E-state index contributed by atoms with van der Waals surface area (Å²) in [7, 11) is 0. The highest BCUT2D eigenvalue weighted by Crippen LogP contribution is 2.23. The molecule has 102 valence electrons. The highest BCUT2D eigenvalue weighted by atomic mass is 32.1. The van der Waals surface area contributed by atoms with Crippen molar-refractivity contribution in [1.82, 2.24) is 9.88 Å². The topological polar surface area (TPSA) is 42.1 Å². The van der Waals surface area contributed by atoms with Crippen LogP contribution in [0.1, 0.15) is 36.9 Å². The molecule has 1 aromatic heterocycles. The van der Waals surface area contributed by atoms with Crippen molar-refractivity contribution in [3.8, 4) is 0 Å². The number of hydrogen-bond donors (Lipinski definition) is 1. The number of nitrogens with two attached hydrogens (primary N) is 1. The van der Waals surface area contributed by atoms with Crippen molar-refractivity contribution < 1.29 is 0 Å². The van der Waals surface area contributed by atoms with E-state index in [0.717, 1.165) is 25.4 Å². The minimum atomic E-state index is 0.789. The van der Waals surface area contributed by atoms with Gasteiger partial charge in [-0.25, -0.2) is 4.98 Å². The van der Waals surface area contributed by atoms with Crippen molar-refractivity contribution in [2.24, 2.45) is 11.7 Å². The van der Waals surface area contributed by atoms with Crippen LogP contribution in [0.5, 0.6) is 0 Å². The Hall–Kier alpha value is -0.450. The van der Waals surface area contributed by atoms with Gasteiger partial charge in [-0.15, -0.1) is 11.3 Å². The van der Waals surface area contributed by atoms with Gasteiger partial charge in [0.25, 0.3) is 0 Å². The predicted molar refractivity (Wildman–Crippen MR) is 78.0 cm³/mol. The minimum Gasteiger partial charge on any atom is -0.329 e. The van der Waals surface area contributed by atoms with E-state index in [-0.39, 0.29) is 0 Å². The summed E-state index contributed by atoms with van der Waals surface area (Å²) >= 11 is 1.85. The number of aromatic nitrogens is 1. The Morgan fingerprint density at radius 3 is 2.89 bits per heavy atom. The lowest BCUT2D eigenvalue weighted by atomic mass is 9.94. The molecule has 1 fully saturated rings. The molecule has 0 amide bonds. The van der Waals surface area contributed by atoms with Crippen LogP contribution in [0.4, 0.5) is 0 Å². The van der Waals surface area contributed by atoms with Crippen molar-refractivity contribution in [3.05, 3.63) is 16.1 Å². The fourth-order valence-corrected chi connectivity index (χ4v) is 3.60. The van der Waals surface area contributed by atoms with Gasteiger partial charge in [-0.05, 0) is 38.3 Å². The van der Waals surface area contributed by atoms with E-state index in [4.69, 9.17) is 10.7 Å². The second-order valence-corrected chi connectivity index (χ2v) is 6.20. The summed E-state index contributed by atoms with van der Waals surface area (Å²) < 4.78 is 0. The molecule has 1 aliphatic rings. The molecule has 4 heteroatoms. The molecule has 0 aliphatic carbocycles. The van der Waals surface area contributed by atoms with Crippen LogP contribution in [-0.2, 0) is 12.8 Å². The molecule has 2 rings (SSSR count). The number of aryl methyl sites for hydroxylation is 1. The SMILES string of the molecule is CCCc1csc(CC2CCN(CCN)CC2)n1. The number of hydrogen-bond acceptors (Lipinski definition) is 4. The Kier molecular flexibility index (Phi) is 5.60. The van der Waals surface area contributed by atoms with Gasteiger partial charge in [-0.2, -0.15) is 0 Å². The van der Waals surface area contributed by atoms with Crippen LogP contribution in [0.2, 0.25) is 0 Å². The average Bonchev–Trinajstić information content (AvgIpc) is 2.80. The van der Waals surface area contributed by atoms with Crippen LogP contribution in [0.15, 0.2) is 5.38 Å². The first-order valence-corrected chi connectivity index (χ1v) is 8.05. The average molecular weight is 267 g/mol. The zero-order valence-electron chi connectivity index (χ0n) is 11.4. The number of likely N-dealkylation sites (tertiary alicyclic amines) is 1. The molecule has 18 heavy (non-hydrogen) atoms. The Morgan fingerprint density at radius 2 is 2.22 bits per heavy atom. The normalized spacial score (nSPS) is 18.3. The molecule has 1 aliphatic heterocycles. The van der Waals surface area contributed by atoms with E-state index in [1.165, 1.54) is 49.5 Å². The highest BCUT2D eigenvalue weighted by molar-refractivity contribution is 7.09. The first kappa shape index (κ1) is 14.0. The number of rotatable bonds is 6. The molecule has 1 saturated heterocycles. The lowest BCUT2D eigenvalue weighted by Crippen LogP contribution is -2.37. The molecule has 2 N–H and O–H groups in total. The summed E-state index contributed by atoms with van der Waals surface area (Å²) in [5.74, 6) is 0.833. The Balaban J connectivity index is 1.76. The van der Waals surface area contributed by atoms with Crippen molar-refractivity contribution in [1.29, 1.82) is 0 Å². The van der Waals surface area contributed by atoms with Gasteiger partial charge in [0.05, 0.1) is 10.7 Å². The molecule has 0 saturated carbocycles. The minimum absolute atomic E-state index is 0.789. The largest absolute Gasteiger partial charge is 0.329 e. The zero-order chi connectivity index (χ0) is 12.8. The van der Waals surface area contributed by atoms with Gasteiger partial charge in [0.2, 0.25) is 0 Å². The third-order valence-corrected chi connectivity index (χ3v) is 4.64. The van der Waals surface area contributed by atoms with Crippen LogP contribution in [0.3, 0.4) is 0 Å². The molecule has 0 radical (unpaired) electrons. The van der Waals surface area contributed by atoms with Crippen LogP contribution in [0, 0.1) is 5.92 Å². The van der Waals surface area contributed by atoms with Crippen LogP contribution in [0.25, 0.3) is 0 Å². The van der Waals surface area contributed by atoms with Gasteiger partial charge in [-0.3, -0.25) is 0 Å². The molecule has 0 spiro atoms. The molecular formula is C14H25N3S. The number of piperidine rings is 1. The molecule has 1 aromatic rings. The summed E-state index contributed by atoms with van der Waals surface area (Å²) in [5, 5.41) is 3.58. The third-order valence-electron chi connectivity index (χ3n) is 3.72. The summed E-state index contributed by atoms with van der Waals surface area (Å²) in [6, 6.07) is 0. The van der Waals surface area contributed by atoms with Crippen molar-refractivity contribution in [3.63, 3.8) is 0 Å². The lowest BCUT2D eigenvalue weighted by molar-refractivity contribution is 0.188. The molecule has 0 aromatic carbocycles. The van der Waals surface area contributed by atoms with E-state index in [1.54, 1.807) is 0 Å². The maximum absolute atomic E-state index is 5.60. The van der Waals surface area contributed by atoms with E-state index in [2.05, 4.69) is 17.2 Å². The van der Waals surface area contributed by atoms with Gasteiger partial charge < -0.3 is 10.6 Å². The van der Waals surface area contributed by atoms with Crippen LogP contribution < -0.4 is 5.73 Å². The van der Waals surface area contributed by atoms with Gasteiger partial charge in [0, 0.05) is 24.9 Å². The number of nitrogens with zero attached hydrogens (tertiary/aromatic N) is 2. The summed E-state index contributed by atoms with van der Waals surface area (Å²) in [4.78, 5) is 7.22. The van der Waals surface area contributed by atoms with Gasteiger partial charge >= 0.3 is 0 Å². The molecular weight excluding hydrogens is 242 g/mol. The Bertz CT molecular complexity index is 343. The molecule has 2 heterocycles. The van der Waals surface area contributed by atoms with Crippen molar-refractivity contribution in [2.75, 3.05) is 26.2 Å². The lowest BCUT2D eigenvalue weighted by Gasteiger charge is -2.31. The van der Waals surface area contributed by atoms with E-state index in [9.17, 15) is 0 Å². The first-order chi connectivity index (χ1) is 8.81. The maximum Gasteiger partial charge on any atom is 0.0931 e. The van der Waals surface area contributed by atoms with E-state index in [0.29, 0.717) is 0 Å². The van der Waals surface area contributed by atoms with Crippen molar-refractivity contribution >= 4 is 11.3 Å². The fourth-order valence-electron chi connectivity index (χ4n) is 2.66. The van der Waals surface area contributed by atoms with E-state index >= 15 is 0 Å². The Morgan fingerprint density at radius 1 is 1.44 bits per heavy atom. The highest BCUT2D eigenvalue weighted by Gasteiger charge is 2.19. The first-order valence-electron chi connectivity index (χ1n) is 7.17.